The van der Waals surface area contributed by atoms with E-state index in [1.54, 1.807) is 23.5 Å². The molecule has 130 valence electrons. The van der Waals surface area contributed by atoms with Crippen molar-refractivity contribution < 1.29 is 9.18 Å². The Morgan fingerprint density at radius 1 is 1.16 bits per heavy atom. The molecule has 0 fully saturated rings. The summed E-state index contributed by atoms with van der Waals surface area (Å²) >= 11 is 1.69. The van der Waals surface area contributed by atoms with Gasteiger partial charge in [0.15, 0.2) is 0 Å². The Balaban J connectivity index is 1.81. The molecule has 2 aromatic heterocycles. The van der Waals surface area contributed by atoms with Gasteiger partial charge < -0.3 is 15.2 Å². The molecule has 2 heterocycles. The lowest BCUT2D eigenvalue weighted by atomic mass is 10.1. The molecule has 4 nitrogen and oxygen atoms in total. The largest absolute Gasteiger partial charge is 0.331 e. The Bertz CT molecular complexity index is 886. The number of halogens is 1. The van der Waals surface area contributed by atoms with E-state index < -0.39 is 11.8 Å². The molecule has 3 aromatic rings. The first-order chi connectivity index (χ1) is 12.0. The number of rotatable bonds is 4. The summed E-state index contributed by atoms with van der Waals surface area (Å²) in [5, 5.41) is 6.55. The molecule has 0 aliphatic heterocycles. The van der Waals surface area contributed by atoms with Gasteiger partial charge in [0.2, 0.25) is 0 Å². The first-order valence-electron chi connectivity index (χ1n) is 8.02. The van der Waals surface area contributed by atoms with Gasteiger partial charge in [-0.15, -0.1) is 11.3 Å². The number of hydrogen-bond acceptors (Lipinski definition) is 2. The zero-order valence-electron chi connectivity index (χ0n) is 14.3. The number of nitrogens with one attached hydrogen (secondary N) is 2. The lowest BCUT2D eigenvalue weighted by Crippen LogP contribution is -2.32. The van der Waals surface area contributed by atoms with Crippen LogP contribution in [0.4, 0.5) is 14.9 Å². The van der Waals surface area contributed by atoms with Crippen LogP contribution in [-0.2, 0) is 0 Å². The molecule has 0 spiro atoms. The minimum Gasteiger partial charge on any atom is -0.331 e. The van der Waals surface area contributed by atoms with Gasteiger partial charge >= 0.3 is 6.03 Å². The van der Waals surface area contributed by atoms with Crippen molar-refractivity contribution in [3.05, 3.63) is 70.6 Å². The van der Waals surface area contributed by atoms with Gasteiger partial charge in [0.25, 0.3) is 0 Å². The van der Waals surface area contributed by atoms with Crippen molar-refractivity contribution in [3.8, 4) is 5.00 Å². The molecular weight excluding hydrogens is 337 g/mol. The number of hydrogen-bond donors (Lipinski definition) is 2. The van der Waals surface area contributed by atoms with E-state index in [2.05, 4.69) is 24.5 Å². The minimum absolute atomic E-state index is 0.163. The topological polar surface area (TPSA) is 46.1 Å². The van der Waals surface area contributed by atoms with E-state index in [0.717, 1.165) is 16.1 Å². The number of anilines is 1. The average Bonchev–Trinajstić information content (AvgIpc) is 3.18. The fourth-order valence-electron chi connectivity index (χ4n) is 2.79. The van der Waals surface area contributed by atoms with Crippen molar-refractivity contribution in [1.29, 1.82) is 0 Å². The van der Waals surface area contributed by atoms with Gasteiger partial charge in [0.1, 0.15) is 10.8 Å². The van der Waals surface area contributed by atoms with Gasteiger partial charge in [-0.25, -0.2) is 9.18 Å². The molecule has 0 aliphatic rings. The van der Waals surface area contributed by atoms with Crippen LogP contribution >= 0.6 is 11.3 Å². The molecule has 0 unspecified atom stereocenters. The molecule has 1 aromatic carbocycles. The number of aryl methyl sites for hydroxylation is 1. The lowest BCUT2D eigenvalue weighted by Gasteiger charge is -2.17. The second-order valence-corrected chi connectivity index (χ2v) is 7.10. The molecule has 1 atom stereocenters. The van der Waals surface area contributed by atoms with Gasteiger partial charge in [-0.1, -0.05) is 12.1 Å². The van der Waals surface area contributed by atoms with Gasteiger partial charge in [-0.2, -0.15) is 0 Å². The van der Waals surface area contributed by atoms with Crippen molar-refractivity contribution in [2.24, 2.45) is 0 Å². The van der Waals surface area contributed by atoms with Crippen LogP contribution in [0.3, 0.4) is 0 Å². The van der Waals surface area contributed by atoms with Crippen molar-refractivity contribution in [2.75, 3.05) is 5.32 Å². The Labute approximate surface area is 150 Å². The maximum absolute atomic E-state index is 13.7. The standard InChI is InChI=1S/C19H20FN3OS/c1-12-14(3)25-18(23-10-6-7-11-23)17(12)13(2)21-19(24)22-16-9-5-4-8-15(16)20/h4-11,13H,1-3H3,(H2,21,22,24)/t13-/m0/s1. The Morgan fingerprint density at radius 3 is 2.52 bits per heavy atom. The zero-order valence-corrected chi connectivity index (χ0v) is 15.2. The SMILES string of the molecule is Cc1sc(-n2cccc2)c([C@H](C)NC(=O)Nc2ccccc2F)c1C. The van der Waals surface area contributed by atoms with Crippen molar-refractivity contribution in [2.45, 2.75) is 26.8 Å². The molecule has 6 heteroatoms. The summed E-state index contributed by atoms with van der Waals surface area (Å²) in [5.74, 6) is -0.458. The Hall–Kier alpha value is -2.60. The fraction of sp³-hybridized carbons (Fsp3) is 0.211. The van der Waals surface area contributed by atoms with Crippen LogP contribution in [0.2, 0.25) is 0 Å². The highest BCUT2D eigenvalue weighted by Crippen LogP contribution is 2.35. The molecule has 0 bridgehead atoms. The van der Waals surface area contributed by atoms with Crippen LogP contribution in [0.15, 0.2) is 48.8 Å². The predicted octanol–water partition coefficient (Wildman–Crippen LogP) is 5.18. The van der Waals surface area contributed by atoms with E-state index in [-0.39, 0.29) is 11.7 Å². The van der Waals surface area contributed by atoms with Crippen LogP contribution in [-0.4, -0.2) is 10.6 Å². The lowest BCUT2D eigenvalue weighted by molar-refractivity contribution is 0.249. The fourth-order valence-corrected chi connectivity index (χ4v) is 4.01. The third-order valence-electron chi connectivity index (χ3n) is 4.15. The molecular formula is C19H20FN3OS. The highest BCUT2D eigenvalue weighted by atomic mass is 32.1. The number of aromatic nitrogens is 1. The second-order valence-electron chi connectivity index (χ2n) is 5.89. The van der Waals surface area contributed by atoms with Crippen LogP contribution in [0.5, 0.6) is 0 Å². The summed E-state index contributed by atoms with van der Waals surface area (Å²) in [6.07, 6.45) is 3.97. The quantitative estimate of drug-likeness (QED) is 0.664. The van der Waals surface area contributed by atoms with Crippen LogP contribution in [0.25, 0.3) is 5.00 Å². The Morgan fingerprint density at radius 2 is 1.84 bits per heavy atom. The number of amides is 2. The number of nitrogens with zero attached hydrogens (tertiary/aromatic N) is 1. The minimum atomic E-state index is -0.458. The Kier molecular flexibility index (Phi) is 4.90. The van der Waals surface area contributed by atoms with E-state index in [0.29, 0.717) is 0 Å². The number of benzene rings is 1. The van der Waals surface area contributed by atoms with Crippen LogP contribution in [0.1, 0.15) is 29.0 Å². The maximum Gasteiger partial charge on any atom is 0.319 e. The van der Waals surface area contributed by atoms with Gasteiger partial charge in [0, 0.05) is 22.8 Å². The highest BCUT2D eigenvalue weighted by molar-refractivity contribution is 7.14. The molecule has 0 saturated heterocycles. The van der Waals surface area contributed by atoms with Gasteiger partial charge in [-0.05, 0) is 50.6 Å². The van der Waals surface area contributed by atoms with E-state index in [9.17, 15) is 9.18 Å². The smallest absolute Gasteiger partial charge is 0.319 e. The second kappa shape index (κ2) is 7.11. The molecule has 0 aliphatic carbocycles. The third kappa shape index (κ3) is 3.58. The number of carbonyl (C=O) groups excluding carboxylic acids is 1. The summed E-state index contributed by atoms with van der Waals surface area (Å²) in [6, 6.07) is 9.41. The van der Waals surface area contributed by atoms with Crippen molar-refractivity contribution in [3.63, 3.8) is 0 Å². The number of urea groups is 1. The maximum atomic E-state index is 13.7. The molecule has 2 N–H and O–H groups in total. The van der Waals surface area contributed by atoms with E-state index in [1.165, 1.54) is 17.0 Å². The first-order valence-corrected chi connectivity index (χ1v) is 8.84. The third-order valence-corrected chi connectivity index (χ3v) is 5.39. The molecule has 0 saturated carbocycles. The van der Waals surface area contributed by atoms with Gasteiger partial charge in [-0.3, -0.25) is 0 Å². The van der Waals surface area contributed by atoms with E-state index >= 15 is 0 Å². The molecule has 3 rings (SSSR count). The van der Waals surface area contributed by atoms with Crippen LogP contribution in [0, 0.1) is 19.7 Å². The monoisotopic (exact) mass is 357 g/mol. The average molecular weight is 357 g/mol. The summed E-state index contributed by atoms with van der Waals surface area (Å²) < 4.78 is 15.7. The van der Waals surface area contributed by atoms with Crippen molar-refractivity contribution in [1.82, 2.24) is 9.88 Å². The zero-order chi connectivity index (χ0) is 18.0. The predicted molar refractivity (Wildman–Crippen MR) is 100 cm³/mol. The summed E-state index contributed by atoms with van der Waals surface area (Å²) in [5.41, 5.74) is 2.39. The highest BCUT2D eigenvalue weighted by Gasteiger charge is 2.21. The van der Waals surface area contributed by atoms with Crippen molar-refractivity contribution >= 4 is 23.1 Å². The molecule has 2 amide bonds. The van der Waals surface area contributed by atoms with Gasteiger partial charge in [0.05, 0.1) is 11.7 Å². The first kappa shape index (κ1) is 17.2. The summed E-state index contributed by atoms with van der Waals surface area (Å²) in [4.78, 5) is 13.5. The van der Waals surface area contributed by atoms with E-state index in [1.807, 2.05) is 36.0 Å². The normalized spacial score (nSPS) is 12.0. The molecule has 25 heavy (non-hydrogen) atoms. The van der Waals surface area contributed by atoms with Crippen LogP contribution < -0.4 is 10.6 Å². The van der Waals surface area contributed by atoms with E-state index in [4.69, 9.17) is 0 Å². The summed E-state index contributed by atoms with van der Waals surface area (Å²) in [7, 11) is 0. The number of para-hydroxylation sites is 1. The summed E-state index contributed by atoms with van der Waals surface area (Å²) in [6.45, 7) is 6.06. The number of carbonyl (C=O) groups is 1. The number of thiophene rings is 1. The molecule has 0 radical (unpaired) electrons.